The molecule has 3 nitrogen and oxygen atoms in total. The summed E-state index contributed by atoms with van der Waals surface area (Å²) in [5, 5.41) is 4.31. The SMILES string of the molecule is CC[C@H]1CN(CC(=O)NCCc2ccc(Cl)cc2)c2ccccc2S1. The smallest absolute Gasteiger partial charge is 0.239 e. The van der Waals surface area contributed by atoms with E-state index in [1.165, 1.54) is 16.1 Å². The lowest BCUT2D eigenvalue weighted by Crippen LogP contribution is -2.42. The number of nitrogens with one attached hydrogen (secondary N) is 1. The summed E-state index contributed by atoms with van der Waals surface area (Å²) in [6, 6.07) is 16.1. The fourth-order valence-electron chi connectivity index (χ4n) is 2.97. The molecule has 1 aliphatic rings. The van der Waals surface area contributed by atoms with Crippen LogP contribution in [0.3, 0.4) is 0 Å². The predicted molar refractivity (Wildman–Crippen MR) is 107 cm³/mol. The minimum Gasteiger partial charge on any atom is -0.360 e. The second-order valence-corrected chi connectivity index (χ2v) is 8.00. The van der Waals surface area contributed by atoms with Crippen LogP contribution in [0.4, 0.5) is 5.69 Å². The maximum atomic E-state index is 12.4. The van der Waals surface area contributed by atoms with Crippen LogP contribution in [0.25, 0.3) is 0 Å². The van der Waals surface area contributed by atoms with Gasteiger partial charge in [-0.2, -0.15) is 0 Å². The topological polar surface area (TPSA) is 32.3 Å². The number of halogens is 1. The lowest BCUT2D eigenvalue weighted by Gasteiger charge is -2.34. The number of para-hydroxylation sites is 1. The fourth-order valence-corrected chi connectivity index (χ4v) is 4.35. The van der Waals surface area contributed by atoms with Gasteiger partial charge < -0.3 is 10.2 Å². The van der Waals surface area contributed by atoms with Crippen molar-refractivity contribution in [3.63, 3.8) is 0 Å². The van der Waals surface area contributed by atoms with Crippen LogP contribution < -0.4 is 10.2 Å². The van der Waals surface area contributed by atoms with Crippen molar-refractivity contribution < 1.29 is 4.79 Å². The number of rotatable bonds is 6. The van der Waals surface area contributed by atoms with Crippen LogP contribution in [0.15, 0.2) is 53.4 Å². The normalized spacial score (nSPS) is 16.4. The minimum absolute atomic E-state index is 0.0746. The van der Waals surface area contributed by atoms with Gasteiger partial charge in [0, 0.05) is 28.3 Å². The summed E-state index contributed by atoms with van der Waals surface area (Å²) in [6.07, 6.45) is 1.92. The Labute approximate surface area is 158 Å². The van der Waals surface area contributed by atoms with Crippen LogP contribution in [0.5, 0.6) is 0 Å². The number of carbonyl (C=O) groups excluding carboxylic acids is 1. The highest BCUT2D eigenvalue weighted by molar-refractivity contribution is 8.00. The molecule has 0 radical (unpaired) electrons. The van der Waals surface area contributed by atoms with Gasteiger partial charge in [0.2, 0.25) is 5.91 Å². The van der Waals surface area contributed by atoms with Crippen molar-refractivity contribution in [3.05, 3.63) is 59.1 Å². The van der Waals surface area contributed by atoms with E-state index in [0.717, 1.165) is 24.4 Å². The molecule has 0 unspecified atom stereocenters. The van der Waals surface area contributed by atoms with Crippen molar-refractivity contribution in [1.82, 2.24) is 5.32 Å². The first-order valence-corrected chi connectivity index (χ1v) is 9.93. The Morgan fingerprint density at radius 3 is 2.76 bits per heavy atom. The summed E-state index contributed by atoms with van der Waals surface area (Å²) in [7, 11) is 0. The molecule has 25 heavy (non-hydrogen) atoms. The van der Waals surface area contributed by atoms with E-state index < -0.39 is 0 Å². The van der Waals surface area contributed by atoms with E-state index in [0.29, 0.717) is 18.3 Å². The van der Waals surface area contributed by atoms with E-state index >= 15 is 0 Å². The van der Waals surface area contributed by atoms with Gasteiger partial charge in [-0.05, 0) is 42.7 Å². The second-order valence-electron chi connectivity index (χ2n) is 6.22. The molecule has 5 heteroatoms. The molecule has 1 atom stereocenters. The molecule has 0 fully saturated rings. The third-order valence-corrected chi connectivity index (χ3v) is 6.03. The Hall–Kier alpha value is -1.65. The number of hydrogen-bond acceptors (Lipinski definition) is 3. The highest BCUT2D eigenvalue weighted by Crippen LogP contribution is 2.39. The van der Waals surface area contributed by atoms with E-state index in [2.05, 4.69) is 35.3 Å². The van der Waals surface area contributed by atoms with Gasteiger partial charge in [-0.25, -0.2) is 0 Å². The molecule has 2 aromatic carbocycles. The Morgan fingerprint density at radius 1 is 1.24 bits per heavy atom. The highest BCUT2D eigenvalue weighted by Gasteiger charge is 2.24. The maximum Gasteiger partial charge on any atom is 0.239 e. The summed E-state index contributed by atoms with van der Waals surface area (Å²) < 4.78 is 0. The molecule has 0 spiro atoms. The second kappa shape index (κ2) is 8.63. The molecular weight excluding hydrogens is 352 g/mol. The van der Waals surface area contributed by atoms with Crippen LogP contribution in [-0.2, 0) is 11.2 Å². The molecule has 0 aromatic heterocycles. The van der Waals surface area contributed by atoms with Gasteiger partial charge in [0.25, 0.3) is 0 Å². The van der Waals surface area contributed by atoms with Crippen LogP contribution >= 0.6 is 23.4 Å². The van der Waals surface area contributed by atoms with Crippen molar-refractivity contribution >= 4 is 35.0 Å². The van der Waals surface area contributed by atoms with Crippen molar-refractivity contribution in [2.24, 2.45) is 0 Å². The summed E-state index contributed by atoms with van der Waals surface area (Å²) in [5.41, 5.74) is 2.35. The first-order chi connectivity index (χ1) is 12.2. The van der Waals surface area contributed by atoms with Gasteiger partial charge in [-0.3, -0.25) is 4.79 Å². The van der Waals surface area contributed by atoms with Crippen molar-refractivity contribution in [2.75, 3.05) is 24.5 Å². The molecule has 0 saturated carbocycles. The fraction of sp³-hybridized carbons (Fsp3) is 0.350. The Bertz CT molecular complexity index is 720. The van der Waals surface area contributed by atoms with Crippen molar-refractivity contribution in [1.29, 1.82) is 0 Å². The number of nitrogens with zero attached hydrogens (tertiary/aromatic N) is 1. The van der Waals surface area contributed by atoms with E-state index in [4.69, 9.17) is 11.6 Å². The Morgan fingerprint density at radius 2 is 2.00 bits per heavy atom. The van der Waals surface area contributed by atoms with Gasteiger partial charge >= 0.3 is 0 Å². The van der Waals surface area contributed by atoms with Crippen LogP contribution in [0.2, 0.25) is 5.02 Å². The summed E-state index contributed by atoms with van der Waals surface area (Å²) >= 11 is 7.81. The van der Waals surface area contributed by atoms with E-state index in [-0.39, 0.29) is 5.91 Å². The molecule has 0 aliphatic carbocycles. The first-order valence-electron chi connectivity index (χ1n) is 8.67. The van der Waals surface area contributed by atoms with Gasteiger partial charge in [0.05, 0.1) is 12.2 Å². The standard InChI is InChI=1S/C20H23ClN2OS/c1-2-17-13-23(18-5-3-4-6-19(18)25-17)14-20(24)22-12-11-15-7-9-16(21)10-8-15/h3-10,17H,2,11-14H2,1H3,(H,22,24)/t17-/m0/s1. The van der Waals surface area contributed by atoms with Crippen molar-refractivity contribution in [3.8, 4) is 0 Å². The molecule has 2 aromatic rings. The third kappa shape index (κ3) is 4.93. The average molecular weight is 375 g/mol. The molecule has 0 saturated heterocycles. The summed E-state index contributed by atoms with van der Waals surface area (Å²) in [5.74, 6) is 0.0746. The number of fused-ring (bicyclic) bond motifs is 1. The number of carbonyl (C=O) groups is 1. The highest BCUT2D eigenvalue weighted by atomic mass is 35.5. The average Bonchev–Trinajstić information content (AvgIpc) is 2.63. The lowest BCUT2D eigenvalue weighted by molar-refractivity contribution is -0.119. The maximum absolute atomic E-state index is 12.4. The molecule has 1 heterocycles. The molecule has 132 valence electrons. The monoisotopic (exact) mass is 374 g/mol. The van der Waals surface area contributed by atoms with Crippen LogP contribution in [0, 0.1) is 0 Å². The molecule has 0 bridgehead atoms. The van der Waals surface area contributed by atoms with E-state index in [9.17, 15) is 4.79 Å². The van der Waals surface area contributed by atoms with Gasteiger partial charge in [-0.1, -0.05) is 42.8 Å². The quantitative estimate of drug-likeness (QED) is 0.813. The van der Waals surface area contributed by atoms with E-state index in [1.54, 1.807) is 0 Å². The van der Waals surface area contributed by atoms with Crippen LogP contribution in [-0.4, -0.2) is 30.8 Å². The Kier molecular flexibility index (Phi) is 6.27. The third-order valence-electron chi connectivity index (χ3n) is 4.36. The Balaban J connectivity index is 1.54. The number of anilines is 1. The van der Waals surface area contributed by atoms with Crippen LogP contribution in [0.1, 0.15) is 18.9 Å². The first kappa shape index (κ1) is 18.2. The number of amides is 1. The summed E-state index contributed by atoms with van der Waals surface area (Å²) in [4.78, 5) is 15.9. The molecule has 1 N–H and O–H groups in total. The predicted octanol–water partition coefficient (Wildman–Crippen LogP) is 4.39. The molecular formula is C20H23ClN2OS. The van der Waals surface area contributed by atoms with Gasteiger partial charge in [0.1, 0.15) is 0 Å². The number of hydrogen-bond donors (Lipinski definition) is 1. The molecule has 3 rings (SSSR count). The summed E-state index contributed by atoms with van der Waals surface area (Å²) in [6.45, 7) is 4.18. The number of benzene rings is 2. The number of thioether (sulfide) groups is 1. The lowest BCUT2D eigenvalue weighted by atomic mass is 10.1. The molecule has 1 amide bonds. The van der Waals surface area contributed by atoms with E-state index in [1.807, 2.05) is 42.1 Å². The zero-order valence-electron chi connectivity index (χ0n) is 14.4. The van der Waals surface area contributed by atoms with Gasteiger partial charge in [0.15, 0.2) is 0 Å². The zero-order valence-corrected chi connectivity index (χ0v) is 15.9. The zero-order chi connectivity index (χ0) is 17.6. The largest absolute Gasteiger partial charge is 0.360 e. The minimum atomic E-state index is 0.0746. The van der Waals surface area contributed by atoms with Crippen molar-refractivity contribution in [2.45, 2.75) is 29.9 Å². The van der Waals surface area contributed by atoms with Gasteiger partial charge in [-0.15, -0.1) is 11.8 Å². The molecule has 1 aliphatic heterocycles.